The molecule has 0 spiro atoms. The van der Waals surface area contributed by atoms with Crippen LogP contribution >= 0.6 is 0 Å². The molecule has 6 nitrogen and oxygen atoms in total. The molecule has 1 aromatic heterocycles. The first kappa shape index (κ1) is 17.4. The van der Waals surface area contributed by atoms with Crippen LogP contribution < -0.4 is 5.32 Å². The minimum Gasteiger partial charge on any atom is -0.444 e. The molecule has 6 heteroatoms. The number of hydrogen-bond donors (Lipinski definition) is 1. The van der Waals surface area contributed by atoms with E-state index in [0.29, 0.717) is 18.8 Å². The van der Waals surface area contributed by atoms with Crippen LogP contribution in [-0.4, -0.2) is 53.0 Å². The molecule has 1 aromatic rings. The van der Waals surface area contributed by atoms with Gasteiger partial charge >= 0.3 is 6.09 Å². The molecular formula is C17H25N3O3. The number of nitrogens with one attached hydrogen (secondary N) is 1. The van der Waals surface area contributed by atoms with Crippen LogP contribution in [-0.2, 0) is 4.74 Å². The number of ketones is 1. The molecule has 1 fully saturated rings. The zero-order valence-corrected chi connectivity index (χ0v) is 14.0. The van der Waals surface area contributed by atoms with E-state index in [1.165, 1.54) is 0 Å². The Balaban J connectivity index is 1.83. The highest BCUT2D eigenvalue weighted by Crippen LogP contribution is 2.17. The van der Waals surface area contributed by atoms with Crippen LogP contribution in [0.4, 0.5) is 4.79 Å². The Kier molecular flexibility index (Phi) is 5.71. The zero-order valence-electron chi connectivity index (χ0n) is 14.0. The Labute approximate surface area is 137 Å². The normalized spacial score (nSPS) is 18.7. The van der Waals surface area contributed by atoms with Crippen LogP contribution in [0.1, 0.15) is 44.1 Å². The highest BCUT2D eigenvalue weighted by molar-refractivity contribution is 5.95. The molecule has 126 valence electrons. The molecular weight excluding hydrogens is 294 g/mol. The van der Waals surface area contributed by atoms with E-state index in [9.17, 15) is 9.59 Å². The van der Waals surface area contributed by atoms with E-state index in [1.54, 1.807) is 18.3 Å². The Bertz CT molecular complexity index is 540. The fraction of sp³-hybridized carbons (Fsp3) is 0.588. The van der Waals surface area contributed by atoms with Gasteiger partial charge < -0.3 is 10.1 Å². The van der Waals surface area contributed by atoms with Gasteiger partial charge in [0.1, 0.15) is 11.3 Å². The average molecular weight is 319 g/mol. The van der Waals surface area contributed by atoms with Crippen LogP contribution in [0.2, 0.25) is 0 Å². The van der Waals surface area contributed by atoms with Crippen LogP contribution in [0.25, 0.3) is 0 Å². The molecule has 1 atom stereocenters. The van der Waals surface area contributed by atoms with Crippen molar-refractivity contribution in [3.63, 3.8) is 0 Å². The summed E-state index contributed by atoms with van der Waals surface area (Å²) in [6.45, 7) is 7.18. The van der Waals surface area contributed by atoms with Crippen molar-refractivity contribution in [1.29, 1.82) is 0 Å². The molecule has 2 rings (SSSR count). The molecule has 1 amide bonds. The number of likely N-dealkylation sites (tertiary alicyclic amines) is 1. The van der Waals surface area contributed by atoms with Crippen molar-refractivity contribution in [1.82, 2.24) is 15.2 Å². The number of hydrogen-bond acceptors (Lipinski definition) is 5. The molecule has 1 N–H and O–H groups in total. The first-order chi connectivity index (χ1) is 10.8. The average Bonchev–Trinajstić information content (AvgIpc) is 2.91. The summed E-state index contributed by atoms with van der Waals surface area (Å²) in [5.74, 6) is 0.00904. The number of carbonyl (C=O) groups excluding carboxylic acids is 2. The fourth-order valence-corrected chi connectivity index (χ4v) is 2.64. The summed E-state index contributed by atoms with van der Waals surface area (Å²) in [5, 5.41) is 2.79. The summed E-state index contributed by atoms with van der Waals surface area (Å²) >= 11 is 0. The van der Waals surface area contributed by atoms with E-state index in [4.69, 9.17) is 4.74 Å². The number of alkyl carbamates (subject to hydrolysis) is 1. The highest BCUT2D eigenvalue weighted by Gasteiger charge is 2.27. The summed E-state index contributed by atoms with van der Waals surface area (Å²) in [7, 11) is 0. The monoisotopic (exact) mass is 319 g/mol. The summed E-state index contributed by atoms with van der Waals surface area (Å²) in [5.41, 5.74) is -0.0211. The summed E-state index contributed by atoms with van der Waals surface area (Å²) in [6.07, 6.45) is 3.20. The first-order valence-corrected chi connectivity index (χ1v) is 8.00. The second kappa shape index (κ2) is 7.55. The van der Waals surface area contributed by atoms with Crippen molar-refractivity contribution < 1.29 is 14.3 Å². The molecule has 0 radical (unpaired) electrons. The molecule has 0 bridgehead atoms. The topological polar surface area (TPSA) is 71.5 Å². The van der Waals surface area contributed by atoms with Crippen molar-refractivity contribution in [2.24, 2.45) is 0 Å². The summed E-state index contributed by atoms with van der Waals surface area (Å²) in [6, 6.07) is 5.49. The van der Waals surface area contributed by atoms with Crippen molar-refractivity contribution in [3.8, 4) is 0 Å². The molecule has 23 heavy (non-hydrogen) atoms. The van der Waals surface area contributed by atoms with Crippen molar-refractivity contribution in [2.75, 3.05) is 19.6 Å². The number of aromatic nitrogens is 1. The second-order valence-electron chi connectivity index (χ2n) is 6.79. The molecule has 0 aliphatic carbocycles. The Morgan fingerprint density at radius 3 is 2.83 bits per heavy atom. The standard InChI is InChI=1S/C17H25N3O3/c1-17(2,3)23-16(22)19-11-13-7-6-10-20(13)12-15(21)14-8-4-5-9-18-14/h4-5,8-9,13H,6-7,10-12H2,1-3H3,(H,19,22)/t13-/m0/s1. The van der Waals surface area contributed by atoms with E-state index in [-0.39, 0.29) is 11.8 Å². The third-order valence-corrected chi connectivity index (χ3v) is 3.68. The van der Waals surface area contributed by atoms with Gasteiger partial charge in [-0.3, -0.25) is 14.7 Å². The summed E-state index contributed by atoms with van der Waals surface area (Å²) < 4.78 is 5.24. The van der Waals surface area contributed by atoms with Crippen LogP contribution in [0.5, 0.6) is 0 Å². The molecule has 0 saturated carbocycles. The van der Waals surface area contributed by atoms with E-state index >= 15 is 0 Å². The van der Waals surface area contributed by atoms with Gasteiger partial charge in [-0.2, -0.15) is 0 Å². The number of pyridine rings is 1. The predicted molar refractivity (Wildman–Crippen MR) is 87.4 cm³/mol. The molecule has 1 aliphatic rings. The minimum atomic E-state index is -0.506. The quantitative estimate of drug-likeness (QED) is 0.843. The Hall–Kier alpha value is -1.95. The van der Waals surface area contributed by atoms with Crippen molar-refractivity contribution >= 4 is 11.9 Å². The third-order valence-electron chi connectivity index (χ3n) is 3.68. The van der Waals surface area contributed by atoms with Gasteiger partial charge in [-0.1, -0.05) is 6.07 Å². The lowest BCUT2D eigenvalue weighted by Crippen LogP contribution is -2.43. The van der Waals surface area contributed by atoms with Crippen molar-refractivity contribution in [3.05, 3.63) is 30.1 Å². The number of amides is 1. The van der Waals surface area contributed by atoms with Gasteiger partial charge in [0.2, 0.25) is 0 Å². The van der Waals surface area contributed by atoms with Gasteiger partial charge in [-0.25, -0.2) is 4.79 Å². The Morgan fingerprint density at radius 1 is 1.39 bits per heavy atom. The summed E-state index contributed by atoms with van der Waals surface area (Å²) in [4.78, 5) is 30.2. The zero-order chi connectivity index (χ0) is 16.9. The second-order valence-corrected chi connectivity index (χ2v) is 6.79. The molecule has 0 unspecified atom stereocenters. The fourth-order valence-electron chi connectivity index (χ4n) is 2.64. The predicted octanol–water partition coefficient (Wildman–Crippen LogP) is 2.25. The van der Waals surface area contributed by atoms with Crippen LogP contribution in [0.15, 0.2) is 24.4 Å². The van der Waals surface area contributed by atoms with E-state index < -0.39 is 11.7 Å². The van der Waals surface area contributed by atoms with E-state index in [2.05, 4.69) is 15.2 Å². The Morgan fingerprint density at radius 2 is 2.17 bits per heavy atom. The molecule has 1 aliphatic heterocycles. The highest BCUT2D eigenvalue weighted by atomic mass is 16.6. The lowest BCUT2D eigenvalue weighted by atomic mass is 10.2. The van der Waals surface area contributed by atoms with Gasteiger partial charge in [0, 0.05) is 18.8 Å². The number of rotatable bonds is 5. The number of Topliss-reactive ketones (excluding diaryl/α,β-unsaturated/α-hetero) is 1. The van der Waals surface area contributed by atoms with E-state index in [0.717, 1.165) is 19.4 Å². The maximum absolute atomic E-state index is 12.3. The smallest absolute Gasteiger partial charge is 0.407 e. The van der Waals surface area contributed by atoms with E-state index in [1.807, 2.05) is 26.8 Å². The van der Waals surface area contributed by atoms with Gasteiger partial charge in [0.15, 0.2) is 5.78 Å². The largest absolute Gasteiger partial charge is 0.444 e. The first-order valence-electron chi connectivity index (χ1n) is 8.00. The number of nitrogens with zero attached hydrogens (tertiary/aromatic N) is 2. The maximum atomic E-state index is 12.3. The molecule has 2 heterocycles. The maximum Gasteiger partial charge on any atom is 0.407 e. The lowest BCUT2D eigenvalue weighted by molar-refractivity contribution is 0.0514. The van der Waals surface area contributed by atoms with Gasteiger partial charge in [0.25, 0.3) is 0 Å². The molecule has 0 aromatic carbocycles. The van der Waals surface area contributed by atoms with Gasteiger partial charge in [0.05, 0.1) is 6.54 Å². The molecule has 1 saturated heterocycles. The lowest BCUT2D eigenvalue weighted by Gasteiger charge is -2.25. The van der Waals surface area contributed by atoms with Crippen LogP contribution in [0.3, 0.4) is 0 Å². The van der Waals surface area contributed by atoms with Gasteiger partial charge in [-0.05, 0) is 52.3 Å². The van der Waals surface area contributed by atoms with Gasteiger partial charge in [-0.15, -0.1) is 0 Å². The number of ether oxygens (including phenoxy) is 1. The SMILES string of the molecule is CC(C)(C)OC(=O)NC[C@@H]1CCCN1CC(=O)c1ccccn1. The van der Waals surface area contributed by atoms with Crippen LogP contribution in [0, 0.1) is 0 Å². The minimum absolute atomic E-state index is 0.00904. The third kappa shape index (κ3) is 5.63. The van der Waals surface area contributed by atoms with Crippen molar-refractivity contribution in [2.45, 2.75) is 45.3 Å². The number of carbonyl (C=O) groups is 2.